The van der Waals surface area contributed by atoms with Gasteiger partial charge in [-0.1, -0.05) is 17.7 Å². The van der Waals surface area contributed by atoms with E-state index in [1.165, 1.54) is 35.1 Å². The number of hydrogen-bond donors (Lipinski definition) is 1. The topological polar surface area (TPSA) is 26.0 Å². The number of nitrogens with two attached hydrogens (primary N) is 1. The molecule has 2 rings (SSSR count). The third-order valence-corrected chi connectivity index (χ3v) is 3.20. The van der Waals surface area contributed by atoms with E-state index in [1.807, 2.05) is 0 Å². The van der Waals surface area contributed by atoms with Crippen LogP contribution in [0.5, 0.6) is 0 Å². The van der Waals surface area contributed by atoms with Crippen LogP contribution < -0.4 is 5.73 Å². The van der Waals surface area contributed by atoms with Gasteiger partial charge in [-0.2, -0.15) is 0 Å². The Morgan fingerprint density at radius 3 is 2.07 bits per heavy atom. The van der Waals surface area contributed by atoms with E-state index in [-0.39, 0.29) is 6.04 Å². The second kappa shape index (κ2) is 3.39. The molecule has 1 aromatic carbocycles. The van der Waals surface area contributed by atoms with Crippen molar-refractivity contribution in [3.63, 3.8) is 0 Å². The Balaban J connectivity index is 2.40. The van der Waals surface area contributed by atoms with Gasteiger partial charge in [-0.25, -0.2) is 0 Å². The number of aryl methyl sites for hydroxylation is 3. The van der Waals surface area contributed by atoms with Crippen molar-refractivity contribution in [3.05, 3.63) is 34.4 Å². The van der Waals surface area contributed by atoms with Crippen LogP contribution in [0.15, 0.2) is 12.1 Å². The molecule has 76 valence electrons. The summed E-state index contributed by atoms with van der Waals surface area (Å²) < 4.78 is 0. The van der Waals surface area contributed by atoms with E-state index >= 15 is 0 Å². The molecule has 1 fully saturated rings. The Hall–Kier alpha value is -0.820. The monoisotopic (exact) mass is 189 g/mol. The van der Waals surface area contributed by atoms with Gasteiger partial charge in [0.05, 0.1) is 0 Å². The third kappa shape index (κ3) is 1.69. The van der Waals surface area contributed by atoms with E-state index < -0.39 is 0 Å². The van der Waals surface area contributed by atoms with Gasteiger partial charge in [0.25, 0.3) is 0 Å². The lowest BCUT2D eigenvalue weighted by Gasteiger charge is -2.17. The summed E-state index contributed by atoms with van der Waals surface area (Å²) in [5.41, 5.74) is 11.7. The number of hydrogen-bond acceptors (Lipinski definition) is 1. The summed E-state index contributed by atoms with van der Waals surface area (Å²) in [6, 6.07) is 4.76. The molecule has 1 saturated carbocycles. The molecular weight excluding hydrogens is 170 g/mol. The first kappa shape index (κ1) is 9.72. The van der Waals surface area contributed by atoms with E-state index in [1.54, 1.807) is 0 Å². The average Bonchev–Trinajstić information content (AvgIpc) is 2.83. The molecule has 0 radical (unpaired) electrons. The van der Waals surface area contributed by atoms with E-state index in [0.29, 0.717) is 0 Å². The minimum atomic E-state index is 0.274. The van der Waals surface area contributed by atoms with Gasteiger partial charge in [-0.05, 0) is 56.2 Å². The maximum Gasteiger partial charge on any atom is 0.0328 e. The highest BCUT2D eigenvalue weighted by Crippen LogP contribution is 2.41. The Labute approximate surface area is 86.3 Å². The third-order valence-electron chi connectivity index (χ3n) is 3.20. The largest absolute Gasteiger partial charge is 0.324 e. The molecule has 14 heavy (non-hydrogen) atoms. The first-order valence-corrected chi connectivity index (χ1v) is 5.43. The Bertz CT molecular complexity index is 327. The predicted octanol–water partition coefficient (Wildman–Crippen LogP) is 3.02. The second-order valence-corrected chi connectivity index (χ2v) is 4.68. The molecule has 1 aliphatic rings. The molecule has 0 aliphatic heterocycles. The van der Waals surface area contributed by atoms with Gasteiger partial charge in [-0.3, -0.25) is 0 Å². The normalized spacial score (nSPS) is 18.3. The summed E-state index contributed by atoms with van der Waals surface area (Å²) in [6.07, 6.45) is 2.63. The van der Waals surface area contributed by atoms with Crippen molar-refractivity contribution in [1.29, 1.82) is 0 Å². The van der Waals surface area contributed by atoms with Crippen LogP contribution in [0.1, 0.15) is 41.1 Å². The van der Waals surface area contributed by atoms with Gasteiger partial charge < -0.3 is 5.73 Å². The fraction of sp³-hybridized carbons (Fsp3) is 0.538. The molecule has 1 nitrogen and oxygen atoms in total. The van der Waals surface area contributed by atoms with E-state index in [0.717, 1.165) is 5.92 Å². The average molecular weight is 189 g/mol. The summed E-state index contributed by atoms with van der Waals surface area (Å²) in [5, 5.41) is 0. The van der Waals surface area contributed by atoms with E-state index in [9.17, 15) is 0 Å². The van der Waals surface area contributed by atoms with Crippen molar-refractivity contribution in [2.24, 2.45) is 11.7 Å². The van der Waals surface area contributed by atoms with Gasteiger partial charge in [-0.15, -0.1) is 0 Å². The first-order valence-electron chi connectivity index (χ1n) is 5.43. The van der Waals surface area contributed by atoms with Crippen molar-refractivity contribution in [1.82, 2.24) is 0 Å². The van der Waals surface area contributed by atoms with Gasteiger partial charge >= 0.3 is 0 Å². The highest BCUT2D eigenvalue weighted by Gasteiger charge is 2.31. The standard InChI is InChI=1S/C13H19N/c1-8-6-9(2)12(10(3)7-8)13(14)11-4-5-11/h6-7,11,13H,4-5,14H2,1-3H3. The lowest BCUT2D eigenvalue weighted by Crippen LogP contribution is -2.15. The highest BCUT2D eigenvalue weighted by molar-refractivity contribution is 5.40. The van der Waals surface area contributed by atoms with Crippen LogP contribution in [0.2, 0.25) is 0 Å². The quantitative estimate of drug-likeness (QED) is 0.760. The van der Waals surface area contributed by atoms with Crippen LogP contribution in [0.3, 0.4) is 0 Å². The zero-order chi connectivity index (χ0) is 10.3. The SMILES string of the molecule is Cc1cc(C)c(C(N)C2CC2)c(C)c1. The lowest BCUT2D eigenvalue weighted by atomic mass is 9.92. The molecule has 0 bridgehead atoms. The minimum absolute atomic E-state index is 0.274. The van der Waals surface area contributed by atoms with Crippen molar-refractivity contribution in [3.8, 4) is 0 Å². The van der Waals surface area contributed by atoms with Crippen molar-refractivity contribution < 1.29 is 0 Å². The molecule has 2 N–H and O–H groups in total. The number of benzene rings is 1. The second-order valence-electron chi connectivity index (χ2n) is 4.68. The van der Waals surface area contributed by atoms with Crippen molar-refractivity contribution in [2.75, 3.05) is 0 Å². The molecule has 1 aliphatic carbocycles. The Morgan fingerprint density at radius 2 is 1.64 bits per heavy atom. The van der Waals surface area contributed by atoms with Crippen LogP contribution in [-0.4, -0.2) is 0 Å². The van der Waals surface area contributed by atoms with Crippen LogP contribution in [-0.2, 0) is 0 Å². The molecule has 0 saturated heterocycles. The van der Waals surface area contributed by atoms with Crippen LogP contribution in [0.4, 0.5) is 0 Å². The molecular formula is C13H19N. The summed E-state index contributed by atoms with van der Waals surface area (Å²) in [5.74, 6) is 0.745. The zero-order valence-electron chi connectivity index (χ0n) is 9.30. The Morgan fingerprint density at radius 1 is 1.14 bits per heavy atom. The van der Waals surface area contributed by atoms with Gasteiger partial charge in [0.2, 0.25) is 0 Å². The minimum Gasteiger partial charge on any atom is -0.324 e. The predicted molar refractivity (Wildman–Crippen MR) is 60.3 cm³/mol. The van der Waals surface area contributed by atoms with Gasteiger partial charge in [0.15, 0.2) is 0 Å². The van der Waals surface area contributed by atoms with Crippen molar-refractivity contribution >= 4 is 0 Å². The van der Waals surface area contributed by atoms with Crippen LogP contribution >= 0.6 is 0 Å². The molecule has 0 heterocycles. The van der Waals surface area contributed by atoms with Crippen molar-refractivity contribution in [2.45, 2.75) is 39.7 Å². The summed E-state index contributed by atoms with van der Waals surface area (Å²) in [6.45, 7) is 6.50. The molecule has 0 spiro atoms. The maximum absolute atomic E-state index is 6.25. The van der Waals surface area contributed by atoms with Crippen LogP contribution in [0.25, 0.3) is 0 Å². The fourth-order valence-electron chi connectivity index (χ4n) is 2.41. The molecule has 1 aromatic rings. The molecule has 1 unspecified atom stereocenters. The van der Waals surface area contributed by atoms with E-state index in [4.69, 9.17) is 5.73 Å². The molecule has 0 amide bonds. The summed E-state index contributed by atoms with van der Waals surface area (Å²) in [7, 11) is 0. The molecule has 0 aromatic heterocycles. The summed E-state index contributed by atoms with van der Waals surface area (Å²) >= 11 is 0. The zero-order valence-corrected chi connectivity index (χ0v) is 9.30. The number of rotatable bonds is 2. The molecule has 1 heteroatoms. The van der Waals surface area contributed by atoms with Gasteiger partial charge in [0.1, 0.15) is 0 Å². The summed E-state index contributed by atoms with van der Waals surface area (Å²) in [4.78, 5) is 0. The molecule has 1 atom stereocenters. The Kier molecular flexibility index (Phi) is 2.36. The lowest BCUT2D eigenvalue weighted by molar-refractivity contribution is 0.626. The van der Waals surface area contributed by atoms with E-state index in [2.05, 4.69) is 32.9 Å². The smallest absolute Gasteiger partial charge is 0.0328 e. The highest BCUT2D eigenvalue weighted by atomic mass is 14.7. The van der Waals surface area contributed by atoms with Crippen LogP contribution in [0, 0.1) is 26.7 Å². The maximum atomic E-state index is 6.25. The first-order chi connectivity index (χ1) is 6.59. The van der Waals surface area contributed by atoms with Gasteiger partial charge in [0, 0.05) is 6.04 Å². The fourth-order valence-corrected chi connectivity index (χ4v) is 2.41.